The molecule has 0 saturated carbocycles. The molecule has 2 aromatic rings. The molecule has 4 heteroatoms. The molecule has 1 aromatic carbocycles. The Morgan fingerprint density at radius 2 is 1.79 bits per heavy atom. The molecule has 4 nitrogen and oxygen atoms in total. The van der Waals surface area contributed by atoms with Gasteiger partial charge in [-0.3, -0.25) is 0 Å². The fraction of sp³-hybridized carbons (Fsp3) is 0.267. The summed E-state index contributed by atoms with van der Waals surface area (Å²) < 4.78 is 11.3. The molecule has 0 bridgehead atoms. The zero-order valence-corrected chi connectivity index (χ0v) is 11.2. The molecule has 0 amide bonds. The van der Waals surface area contributed by atoms with Gasteiger partial charge in [0.05, 0.1) is 6.61 Å². The fourth-order valence-corrected chi connectivity index (χ4v) is 1.78. The molecule has 100 valence electrons. The lowest BCUT2D eigenvalue weighted by Crippen LogP contribution is -2.03. The normalized spacial score (nSPS) is 10.0. The maximum Gasteiger partial charge on any atom is 0.161 e. The predicted octanol–water partition coefficient (Wildman–Crippen LogP) is 3.10. The second kappa shape index (κ2) is 6.64. The first-order valence-corrected chi connectivity index (χ1v) is 6.31. The van der Waals surface area contributed by atoms with Crippen molar-refractivity contribution < 1.29 is 9.47 Å². The lowest BCUT2D eigenvalue weighted by molar-refractivity contribution is 0.269. The van der Waals surface area contributed by atoms with Crippen LogP contribution in [0.2, 0.25) is 0 Å². The molecule has 19 heavy (non-hydrogen) atoms. The van der Waals surface area contributed by atoms with Gasteiger partial charge in [0, 0.05) is 18.8 Å². The number of rotatable bonds is 6. The molecule has 1 heterocycles. The predicted molar refractivity (Wildman–Crippen MR) is 75.7 cm³/mol. The third-order valence-electron chi connectivity index (χ3n) is 2.66. The summed E-state index contributed by atoms with van der Waals surface area (Å²) in [7, 11) is 1.85. The Hall–Kier alpha value is -2.23. The number of aromatic nitrogens is 1. The van der Waals surface area contributed by atoms with Crippen molar-refractivity contribution in [3.8, 4) is 11.5 Å². The van der Waals surface area contributed by atoms with Crippen molar-refractivity contribution in [2.45, 2.75) is 13.5 Å². The van der Waals surface area contributed by atoms with Gasteiger partial charge in [-0.2, -0.15) is 0 Å². The molecule has 0 unspecified atom stereocenters. The van der Waals surface area contributed by atoms with Crippen LogP contribution in [0.25, 0.3) is 0 Å². The molecule has 0 radical (unpaired) electrons. The molecule has 2 rings (SSSR count). The van der Waals surface area contributed by atoms with Gasteiger partial charge in [0.25, 0.3) is 0 Å². The van der Waals surface area contributed by atoms with Gasteiger partial charge in [-0.05, 0) is 25.1 Å². The van der Waals surface area contributed by atoms with Crippen molar-refractivity contribution in [3.63, 3.8) is 0 Å². The summed E-state index contributed by atoms with van der Waals surface area (Å²) in [6.45, 7) is 3.03. The van der Waals surface area contributed by atoms with Crippen LogP contribution in [0, 0.1) is 0 Å². The largest absolute Gasteiger partial charge is 0.490 e. The molecular weight excluding hydrogens is 240 g/mol. The highest BCUT2D eigenvalue weighted by Gasteiger charge is 2.06. The molecule has 0 aliphatic rings. The second-order valence-corrected chi connectivity index (χ2v) is 3.93. The molecule has 0 aliphatic carbocycles. The van der Waals surface area contributed by atoms with Crippen molar-refractivity contribution in [2.75, 3.05) is 19.0 Å². The zero-order valence-electron chi connectivity index (χ0n) is 11.2. The van der Waals surface area contributed by atoms with Crippen molar-refractivity contribution in [2.24, 2.45) is 0 Å². The smallest absolute Gasteiger partial charge is 0.161 e. The van der Waals surface area contributed by atoms with Gasteiger partial charge in [-0.1, -0.05) is 18.2 Å². The summed E-state index contributed by atoms with van der Waals surface area (Å²) in [6.07, 6.45) is 1.75. The summed E-state index contributed by atoms with van der Waals surface area (Å²) >= 11 is 0. The molecule has 0 fully saturated rings. The number of nitrogens with zero attached hydrogens (tertiary/aromatic N) is 1. The SMILES string of the molecule is CCOc1ccccc1OCc1cccnc1NC. The lowest BCUT2D eigenvalue weighted by atomic mass is 10.2. The van der Waals surface area contributed by atoms with Gasteiger partial charge in [0.2, 0.25) is 0 Å². The summed E-state index contributed by atoms with van der Waals surface area (Å²) in [5.41, 5.74) is 1.01. The van der Waals surface area contributed by atoms with Crippen LogP contribution >= 0.6 is 0 Å². The van der Waals surface area contributed by atoms with E-state index in [0.29, 0.717) is 13.2 Å². The number of nitrogens with one attached hydrogen (secondary N) is 1. The molecular formula is C15H18N2O2. The van der Waals surface area contributed by atoms with E-state index in [1.165, 1.54) is 0 Å². The monoisotopic (exact) mass is 258 g/mol. The molecule has 0 spiro atoms. The highest BCUT2D eigenvalue weighted by Crippen LogP contribution is 2.27. The summed E-state index contributed by atoms with van der Waals surface area (Å²) in [4.78, 5) is 4.25. The van der Waals surface area contributed by atoms with Gasteiger partial charge in [-0.15, -0.1) is 0 Å². The Bertz CT molecular complexity index is 529. The van der Waals surface area contributed by atoms with Gasteiger partial charge in [0.1, 0.15) is 12.4 Å². The molecule has 0 aliphatic heterocycles. The van der Waals surface area contributed by atoms with Crippen LogP contribution in [0.3, 0.4) is 0 Å². The van der Waals surface area contributed by atoms with Crippen molar-refractivity contribution in [1.82, 2.24) is 4.98 Å². The zero-order chi connectivity index (χ0) is 13.5. The number of benzene rings is 1. The van der Waals surface area contributed by atoms with Crippen molar-refractivity contribution in [1.29, 1.82) is 0 Å². The maximum absolute atomic E-state index is 5.81. The van der Waals surface area contributed by atoms with E-state index >= 15 is 0 Å². The van der Waals surface area contributed by atoms with E-state index in [1.54, 1.807) is 6.20 Å². The van der Waals surface area contributed by atoms with Crippen LogP contribution in [0.4, 0.5) is 5.82 Å². The Kier molecular flexibility index (Phi) is 4.61. The topological polar surface area (TPSA) is 43.4 Å². The van der Waals surface area contributed by atoms with Crippen LogP contribution in [-0.4, -0.2) is 18.6 Å². The summed E-state index contributed by atoms with van der Waals surface area (Å²) in [5, 5.41) is 3.05. The fourth-order valence-electron chi connectivity index (χ4n) is 1.78. The molecule has 0 saturated heterocycles. The van der Waals surface area contributed by atoms with Gasteiger partial charge in [-0.25, -0.2) is 4.98 Å². The maximum atomic E-state index is 5.81. The Labute approximate surface area is 113 Å². The molecule has 1 N–H and O–H groups in total. The first kappa shape index (κ1) is 13.2. The van der Waals surface area contributed by atoms with Gasteiger partial charge >= 0.3 is 0 Å². The van der Waals surface area contributed by atoms with E-state index in [1.807, 2.05) is 50.4 Å². The van der Waals surface area contributed by atoms with E-state index < -0.39 is 0 Å². The Morgan fingerprint density at radius 3 is 2.47 bits per heavy atom. The average Bonchev–Trinajstić information content (AvgIpc) is 2.47. The van der Waals surface area contributed by atoms with E-state index in [0.717, 1.165) is 22.9 Å². The van der Waals surface area contributed by atoms with Crippen molar-refractivity contribution >= 4 is 5.82 Å². The number of para-hydroxylation sites is 2. The van der Waals surface area contributed by atoms with E-state index in [9.17, 15) is 0 Å². The summed E-state index contributed by atoms with van der Waals surface area (Å²) in [5.74, 6) is 2.34. The number of pyridine rings is 1. The van der Waals surface area contributed by atoms with Crippen LogP contribution < -0.4 is 14.8 Å². The van der Waals surface area contributed by atoms with Gasteiger partial charge < -0.3 is 14.8 Å². The minimum Gasteiger partial charge on any atom is -0.490 e. The van der Waals surface area contributed by atoms with E-state index in [-0.39, 0.29) is 0 Å². The minimum absolute atomic E-state index is 0.452. The quantitative estimate of drug-likeness (QED) is 0.864. The van der Waals surface area contributed by atoms with E-state index in [4.69, 9.17) is 9.47 Å². The first-order valence-electron chi connectivity index (χ1n) is 6.31. The second-order valence-electron chi connectivity index (χ2n) is 3.93. The Morgan fingerprint density at radius 1 is 1.05 bits per heavy atom. The summed E-state index contributed by atoms with van der Waals surface area (Å²) in [6, 6.07) is 11.6. The van der Waals surface area contributed by atoms with Crippen molar-refractivity contribution in [3.05, 3.63) is 48.2 Å². The highest BCUT2D eigenvalue weighted by molar-refractivity contribution is 5.44. The first-order chi connectivity index (χ1) is 9.35. The number of hydrogen-bond acceptors (Lipinski definition) is 4. The molecule has 0 atom stereocenters. The third kappa shape index (κ3) is 3.37. The molecule has 1 aromatic heterocycles. The van der Waals surface area contributed by atoms with Crippen LogP contribution in [0.1, 0.15) is 12.5 Å². The third-order valence-corrected chi connectivity index (χ3v) is 2.66. The van der Waals surface area contributed by atoms with E-state index in [2.05, 4.69) is 10.3 Å². The van der Waals surface area contributed by atoms with Crippen LogP contribution in [-0.2, 0) is 6.61 Å². The number of ether oxygens (including phenoxy) is 2. The number of hydrogen-bond donors (Lipinski definition) is 1. The Balaban J connectivity index is 2.10. The number of anilines is 1. The standard InChI is InChI=1S/C15H18N2O2/c1-3-18-13-8-4-5-9-14(13)19-11-12-7-6-10-17-15(12)16-2/h4-10H,3,11H2,1-2H3,(H,16,17). The average molecular weight is 258 g/mol. The van der Waals surface area contributed by atoms with Crippen LogP contribution in [0.5, 0.6) is 11.5 Å². The minimum atomic E-state index is 0.452. The highest BCUT2D eigenvalue weighted by atomic mass is 16.5. The van der Waals surface area contributed by atoms with Gasteiger partial charge in [0.15, 0.2) is 11.5 Å². The van der Waals surface area contributed by atoms with Crippen LogP contribution in [0.15, 0.2) is 42.6 Å². The lowest BCUT2D eigenvalue weighted by Gasteiger charge is -2.13.